The molecule has 0 fully saturated rings. The zero-order valence-electron chi connectivity index (χ0n) is 12.9. The molecule has 0 radical (unpaired) electrons. The largest absolute Gasteiger partial charge is 0.497 e. The molecule has 0 aliphatic rings. The van der Waals surface area contributed by atoms with Gasteiger partial charge in [0.05, 0.1) is 7.11 Å². The molecule has 21 heavy (non-hydrogen) atoms. The van der Waals surface area contributed by atoms with Crippen LogP contribution in [-0.4, -0.2) is 13.2 Å². The highest BCUT2D eigenvalue weighted by molar-refractivity contribution is 7.99. The summed E-state index contributed by atoms with van der Waals surface area (Å²) in [4.78, 5) is 1.25. The van der Waals surface area contributed by atoms with Gasteiger partial charge in [0.15, 0.2) is 0 Å². The smallest absolute Gasteiger partial charge is 0.119 e. The minimum atomic E-state index is 0.114. The minimum Gasteiger partial charge on any atom is -0.497 e. The van der Waals surface area contributed by atoms with Crippen molar-refractivity contribution in [1.29, 1.82) is 0 Å². The van der Waals surface area contributed by atoms with Crippen LogP contribution in [0.1, 0.15) is 29.7 Å². The van der Waals surface area contributed by atoms with Gasteiger partial charge in [0, 0.05) is 16.2 Å². The summed E-state index contributed by atoms with van der Waals surface area (Å²) < 4.78 is 5.33. The molecule has 2 nitrogen and oxygen atoms in total. The molecular formula is C18H23NOS. The first-order valence-electron chi connectivity index (χ1n) is 7.27. The molecule has 0 bridgehead atoms. The van der Waals surface area contributed by atoms with Crippen LogP contribution in [0.5, 0.6) is 5.75 Å². The van der Waals surface area contributed by atoms with Gasteiger partial charge in [-0.1, -0.05) is 36.8 Å². The van der Waals surface area contributed by atoms with Crippen molar-refractivity contribution in [2.24, 2.45) is 5.73 Å². The van der Waals surface area contributed by atoms with E-state index in [4.69, 9.17) is 10.5 Å². The van der Waals surface area contributed by atoms with Gasteiger partial charge in [0.2, 0.25) is 0 Å². The van der Waals surface area contributed by atoms with Crippen LogP contribution in [0.4, 0.5) is 0 Å². The number of hydrogen-bond donors (Lipinski definition) is 1. The van der Waals surface area contributed by atoms with E-state index in [1.54, 1.807) is 7.11 Å². The highest BCUT2D eigenvalue weighted by Crippen LogP contribution is 2.39. The van der Waals surface area contributed by atoms with E-state index < -0.39 is 0 Å². The standard InChI is InChI=1S/C18H23NOS/c1-4-17(19)18(14-6-5-7-15(12-14)20-3)21-16-10-8-13(2)9-11-16/h5-12,17-18H,4,19H2,1-3H3. The maximum Gasteiger partial charge on any atom is 0.119 e. The van der Waals surface area contributed by atoms with Crippen molar-refractivity contribution >= 4 is 11.8 Å². The molecule has 2 atom stereocenters. The van der Waals surface area contributed by atoms with E-state index in [0.29, 0.717) is 0 Å². The van der Waals surface area contributed by atoms with E-state index >= 15 is 0 Å². The predicted octanol–water partition coefficient (Wildman–Crippen LogP) is 4.57. The molecule has 0 saturated heterocycles. The van der Waals surface area contributed by atoms with Gasteiger partial charge in [-0.2, -0.15) is 0 Å². The molecule has 112 valence electrons. The quantitative estimate of drug-likeness (QED) is 0.794. The van der Waals surface area contributed by atoms with Crippen LogP contribution in [-0.2, 0) is 0 Å². The third-order valence-corrected chi connectivity index (χ3v) is 4.99. The number of benzene rings is 2. The van der Waals surface area contributed by atoms with Crippen LogP contribution >= 0.6 is 11.8 Å². The zero-order chi connectivity index (χ0) is 15.2. The highest BCUT2D eigenvalue weighted by Gasteiger charge is 2.20. The van der Waals surface area contributed by atoms with Gasteiger partial charge in [-0.3, -0.25) is 0 Å². The van der Waals surface area contributed by atoms with Gasteiger partial charge in [-0.25, -0.2) is 0 Å². The number of ether oxygens (including phenoxy) is 1. The van der Waals surface area contributed by atoms with Crippen LogP contribution in [0.2, 0.25) is 0 Å². The lowest BCUT2D eigenvalue weighted by Gasteiger charge is -2.23. The Hall–Kier alpha value is -1.45. The van der Waals surface area contributed by atoms with Gasteiger partial charge in [0.1, 0.15) is 5.75 Å². The van der Waals surface area contributed by atoms with Gasteiger partial charge in [0.25, 0.3) is 0 Å². The van der Waals surface area contributed by atoms with E-state index in [2.05, 4.69) is 50.2 Å². The fraction of sp³-hybridized carbons (Fsp3) is 0.333. The fourth-order valence-corrected chi connectivity index (χ4v) is 3.44. The molecule has 0 aliphatic heterocycles. The van der Waals surface area contributed by atoms with Gasteiger partial charge >= 0.3 is 0 Å². The van der Waals surface area contributed by atoms with E-state index in [-0.39, 0.29) is 11.3 Å². The van der Waals surface area contributed by atoms with E-state index in [0.717, 1.165) is 12.2 Å². The molecular weight excluding hydrogens is 278 g/mol. The third kappa shape index (κ3) is 4.26. The Balaban J connectivity index is 2.27. The number of aryl methyl sites for hydroxylation is 1. The van der Waals surface area contributed by atoms with E-state index in [1.807, 2.05) is 23.9 Å². The lowest BCUT2D eigenvalue weighted by atomic mass is 10.0. The highest BCUT2D eigenvalue weighted by atomic mass is 32.2. The summed E-state index contributed by atoms with van der Waals surface area (Å²) in [6, 6.07) is 16.9. The lowest BCUT2D eigenvalue weighted by molar-refractivity contribution is 0.414. The molecule has 2 N–H and O–H groups in total. The second kappa shape index (κ2) is 7.53. The molecule has 2 rings (SSSR count). The Morgan fingerprint density at radius 3 is 2.48 bits per heavy atom. The number of rotatable bonds is 6. The summed E-state index contributed by atoms with van der Waals surface area (Å²) in [5.74, 6) is 0.880. The summed E-state index contributed by atoms with van der Waals surface area (Å²) in [6.07, 6.45) is 0.945. The SMILES string of the molecule is CCC(N)C(Sc1ccc(C)cc1)c1cccc(OC)c1. The van der Waals surface area contributed by atoms with Crippen molar-refractivity contribution in [3.63, 3.8) is 0 Å². The van der Waals surface area contributed by atoms with Gasteiger partial charge in [-0.05, 0) is 43.2 Å². The van der Waals surface area contributed by atoms with Crippen molar-refractivity contribution in [2.45, 2.75) is 36.5 Å². The van der Waals surface area contributed by atoms with Crippen molar-refractivity contribution in [3.8, 4) is 5.75 Å². The second-order valence-electron chi connectivity index (χ2n) is 5.20. The monoisotopic (exact) mass is 301 g/mol. The van der Waals surface area contributed by atoms with Crippen molar-refractivity contribution < 1.29 is 4.74 Å². The number of hydrogen-bond acceptors (Lipinski definition) is 3. The topological polar surface area (TPSA) is 35.2 Å². The van der Waals surface area contributed by atoms with Crippen LogP contribution in [0.25, 0.3) is 0 Å². The second-order valence-corrected chi connectivity index (χ2v) is 6.42. The van der Waals surface area contributed by atoms with Crippen molar-refractivity contribution in [3.05, 3.63) is 59.7 Å². The molecule has 2 unspecified atom stereocenters. The van der Waals surface area contributed by atoms with Crippen LogP contribution in [0.3, 0.4) is 0 Å². The average Bonchev–Trinajstić information content (AvgIpc) is 2.53. The summed E-state index contributed by atoms with van der Waals surface area (Å²) in [6.45, 7) is 4.24. The summed E-state index contributed by atoms with van der Waals surface area (Å²) in [5.41, 5.74) is 8.85. The first-order valence-corrected chi connectivity index (χ1v) is 8.15. The van der Waals surface area contributed by atoms with E-state index in [9.17, 15) is 0 Å². The molecule has 2 aromatic carbocycles. The van der Waals surface area contributed by atoms with Gasteiger partial charge in [-0.15, -0.1) is 11.8 Å². The summed E-state index contributed by atoms with van der Waals surface area (Å²) in [7, 11) is 1.70. The van der Waals surface area contributed by atoms with E-state index in [1.165, 1.54) is 16.0 Å². The zero-order valence-corrected chi connectivity index (χ0v) is 13.7. The molecule has 0 aromatic heterocycles. The Morgan fingerprint density at radius 1 is 1.14 bits per heavy atom. The predicted molar refractivity (Wildman–Crippen MR) is 91.0 cm³/mol. The summed E-state index contributed by atoms with van der Waals surface area (Å²) >= 11 is 1.82. The first kappa shape index (κ1) is 15.9. The third-order valence-electron chi connectivity index (χ3n) is 3.57. The molecule has 0 amide bonds. The molecule has 0 heterocycles. The maximum atomic E-state index is 6.36. The van der Waals surface area contributed by atoms with Crippen LogP contribution in [0.15, 0.2) is 53.4 Å². The molecule has 0 saturated carbocycles. The minimum absolute atomic E-state index is 0.114. The van der Waals surface area contributed by atoms with Crippen LogP contribution in [0, 0.1) is 6.92 Å². The fourth-order valence-electron chi connectivity index (χ4n) is 2.20. The van der Waals surface area contributed by atoms with Crippen molar-refractivity contribution in [1.82, 2.24) is 0 Å². The van der Waals surface area contributed by atoms with Gasteiger partial charge < -0.3 is 10.5 Å². The average molecular weight is 301 g/mol. The number of thioether (sulfide) groups is 1. The molecule has 3 heteroatoms. The Morgan fingerprint density at radius 2 is 1.86 bits per heavy atom. The molecule has 0 aliphatic carbocycles. The van der Waals surface area contributed by atoms with Crippen LogP contribution < -0.4 is 10.5 Å². The first-order chi connectivity index (χ1) is 10.1. The Bertz CT molecular complexity index is 568. The normalized spacial score (nSPS) is 13.7. The van der Waals surface area contributed by atoms with Crippen molar-refractivity contribution in [2.75, 3.05) is 7.11 Å². The molecule has 0 spiro atoms. The maximum absolute atomic E-state index is 6.36. The number of nitrogens with two attached hydrogens (primary N) is 1. The Labute approximate surface area is 131 Å². The molecule has 2 aromatic rings. The Kier molecular flexibility index (Phi) is 5.71. The summed E-state index contributed by atoms with van der Waals surface area (Å²) in [5, 5.41) is 0.229. The lowest BCUT2D eigenvalue weighted by Crippen LogP contribution is -2.25. The number of methoxy groups -OCH3 is 1.